The van der Waals surface area contributed by atoms with Gasteiger partial charge in [0, 0.05) is 6.20 Å². The van der Waals surface area contributed by atoms with Gasteiger partial charge < -0.3 is 15.5 Å². The monoisotopic (exact) mass is 276 g/mol. The van der Waals surface area contributed by atoms with Crippen molar-refractivity contribution in [3.63, 3.8) is 0 Å². The average molecular weight is 276 g/mol. The number of halogens is 1. The lowest BCUT2D eigenvalue weighted by molar-refractivity contribution is 0.0686. The molecule has 3 N–H and O–H groups in total. The Labute approximate surface area is 112 Å². The second-order valence-electron chi connectivity index (χ2n) is 3.89. The Morgan fingerprint density at radius 2 is 1.85 bits per heavy atom. The summed E-state index contributed by atoms with van der Waals surface area (Å²) >= 11 is 0. The lowest BCUT2D eigenvalue weighted by atomic mass is 10.1. The van der Waals surface area contributed by atoms with E-state index in [9.17, 15) is 14.0 Å². The molecule has 0 saturated heterocycles. The first-order valence-corrected chi connectivity index (χ1v) is 5.45. The Balaban J connectivity index is 2.37. The predicted octanol–water partition coefficient (Wildman–Crippen LogP) is 2.36. The number of pyridine rings is 1. The van der Waals surface area contributed by atoms with E-state index in [4.69, 9.17) is 10.2 Å². The summed E-state index contributed by atoms with van der Waals surface area (Å²) in [6, 6.07) is 4.53. The standard InChI is InChI=1S/C13H9FN2O4/c14-8-1-2-11(10(4-8)13(19)20)16-9-3-7(12(17)18)5-15-6-9/h1-6,16H,(H,17,18)(H,19,20). The van der Waals surface area contributed by atoms with Crippen LogP contribution >= 0.6 is 0 Å². The Hall–Kier alpha value is -2.96. The third-order valence-corrected chi connectivity index (χ3v) is 2.48. The summed E-state index contributed by atoms with van der Waals surface area (Å²) in [7, 11) is 0. The molecule has 0 atom stereocenters. The molecular weight excluding hydrogens is 267 g/mol. The number of aromatic carboxylic acids is 2. The zero-order valence-electron chi connectivity index (χ0n) is 10.0. The van der Waals surface area contributed by atoms with Crippen molar-refractivity contribution in [1.82, 2.24) is 4.98 Å². The molecule has 0 fully saturated rings. The van der Waals surface area contributed by atoms with Crippen LogP contribution in [0.1, 0.15) is 20.7 Å². The molecule has 0 amide bonds. The maximum Gasteiger partial charge on any atom is 0.337 e. The fourth-order valence-electron chi connectivity index (χ4n) is 1.58. The minimum Gasteiger partial charge on any atom is -0.478 e. The van der Waals surface area contributed by atoms with Crippen LogP contribution in [0, 0.1) is 5.82 Å². The van der Waals surface area contributed by atoms with Gasteiger partial charge in [-0.05, 0) is 24.3 Å². The van der Waals surface area contributed by atoms with Crippen LogP contribution in [0.15, 0.2) is 36.7 Å². The van der Waals surface area contributed by atoms with Crippen molar-refractivity contribution in [2.24, 2.45) is 0 Å². The number of nitrogens with one attached hydrogen (secondary N) is 1. The normalized spacial score (nSPS) is 10.1. The van der Waals surface area contributed by atoms with Gasteiger partial charge in [-0.25, -0.2) is 14.0 Å². The van der Waals surface area contributed by atoms with Gasteiger partial charge in [-0.2, -0.15) is 0 Å². The highest BCUT2D eigenvalue weighted by molar-refractivity contribution is 5.95. The molecule has 0 spiro atoms. The van der Waals surface area contributed by atoms with Crippen molar-refractivity contribution in [1.29, 1.82) is 0 Å². The van der Waals surface area contributed by atoms with E-state index in [2.05, 4.69) is 10.3 Å². The molecule has 1 aromatic carbocycles. The van der Waals surface area contributed by atoms with E-state index in [0.29, 0.717) is 5.69 Å². The second-order valence-corrected chi connectivity index (χ2v) is 3.89. The summed E-state index contributed by atoms with van der Waals surface area (Å²) in [4.78, 5) is 25.6. The maximum atomic E-state index is 13.0. The van der Waals surface area contributed by atoms with E-state index >= 15 is 0 Å². The molecule has 0 aliphatic rings. The molecule has 7 heteroatoms. The Bertz CT molecular complexity index is 688. The van der Waals surface area contributed by atoms with Crippen molar-refractivity contribution in [3.8, 4) is 0 Å². The molecule has 0 bridgehead atoms. The fourth-order valence-corrected chi connectivity index (χ4v) is 1.58. The van der Waals surface area contributed by atoms with Gasteiger partial charge in [-0.15, -0.1) is 0 Å². The number of hydrogen-bond donors (Lipinski definition) is 3. The molecule has 2 rings (SSSR count). The minimum atomic E-state index is -1.30. The van der Waals surface area contributed by atoms with E-state index in [1.54, 1.807) is 0 Å². The maximum absolute atomic E-state index is 13.0. The average Bonchev–Trinajstić information content (AvgIpc) is 2.41. The summed E-state index contributed by atoms with van der Waals surface area (Å²) in [5, 5.41) is 20.5. The third-order valence-electron chi connectivity index (χ3n) is 2.48. The highest BCUT2D eigenvalue weighted by Crippen LogP contribution is 2.22. The number of carboxylic acids is 2. The number of nitrogens with zero attached hydrogens (tertiary/aromatic N) is 1. The Kier molecular flexibility index (Phi) is 3.60. The van der Waals surface area contributed by atoms with E-state index in [1.807, 2.05) is 0 Å². The third kappa shape index (κ3) is 2.89. The molecule has 20 heavy (non-hydrogen) atoms. The van der Waals surface area contributed by atoms with Crippen LogP contribution in [0.2, 0.25) is 0 Å². The number of anilines is 2. The SMILES string of the molecule is O=C(O)c1cncc(Nc2ccc(F)cc2C(=O)O)c1. The zero-order valence-corrected chi connectivity index (χ0v) is 10.0. The van der Waals surface area contributed by atoms with Gasteiger partial charge in [0.1, 0.15) is 5.82 Å². The van der Waals surface area contributed by atoms with Crippen molar-refractivity contribution in [2.75, 3.05) is 5.32 Å². The molecule has 0 saturated carbocycles. The highest BCUT2D eigenvalue weighted by Gasteiger charge is 2.12. The summed E-state index contributed by atoms with van der Waals surface area (Å²) in [5.41, 5.74) is 0.127. The number of aromatic nitrogens is 1. The van der Waals surface area contributed by atoms with Gasteiger partial charge in [0.25, 0.3) is 0 Å². The predicted molar refractivity (Wildman–Crippen MR) is 67.8 cm³/mol. The number of carboxylic acid groups (broad SMARTS) is 2. The van der Waals surface area contributed by atoms with E-state index < -0.39 is 17.8 Å². The van der Waals surface area contributed by atoms with Crippen LogP contribution in [0.25, 0.3) is 0 Å². The van der Waals surface area contributed by atoms with Gasteiger partial charge in [0.2, 0.25) is 0 Å². The van der Waals surface area contributed by atoms with Crippen LogP contribution in [-0.4, -0.2) is 27.1 Å². The first-order chi connectivity index (χ1) is 9.47. The lowest BCUT2D eigenvalue weighted by Gasteiger charge is -2.09. The summed E-state index contributed by atoms with van der Waals surface area (Å²) < 4.78 is 13.0. The molecule has 102 valence electrons. The van der Waals surface area contributed by atoms with Crippen LogP contribution in [0.3, 0.4) is 0 Å². The first kappa shape index (κ1) is 13.5. The Morgan fingerprint density at radius 1 is 1.10 bits per heavy atom. The second kappa shape index (κ2) is 5.35. The summed E-state index contributed by atoms with van der Waals surface area (Å²) in [6.07, 6.45) is 2.50. The Morgan fingerprint density at radius 3 is 2.50 bits per heavy atom. The summed E-state index contributed by atoms with van der Waals surface area (Å²) in [5.74, 6) is -3.13. The molecule has 1 aromatic heterocycles. The minimum absolute atomic E-state index is 0.0472. The molecule has 0 unspecified atom stereocenters. The van der Waals surface area contributed by atoms with E-state index in [-0.39, 0.29) is 16.8 Å². The molecule has 0 radical (unpaired) electrons. The smallest absolute Gasteiger partial charge is 0.337 e. The quantitative estimate of drug-likeness (QED) is 0.792. The van der Waals surface area contributed by atoms with E-state index in [0.717, 1.165) is 18.3 Å². The lowest BCUT2D eigenvalue weighted by Crippen LogP contribution is -2.04. The van der Waals surface area contributed by atoms with Gasteiger partial charge >= 0.3 is 11.9 Å². The van der Waals surface area contributed by atoms with Gasteiger partial charge in [-0.1, -0.05) is 0 Å². The van der Waals surface area contributed by atoms with Crippen molar-refractivity contribution in [3.05, 3.63) is 53.6 Å². The van der Waals surface area contributed by atoms with Crippen LogP contribution in [0.4, 0.5) is 15.8 Å². The van der Waals surface area contributed by atoms with Crippen LogP contribution < -0.4 is 5.32 Å². The van der Waals surface area contributed by atoms with Crippen LogP contribution in [-0.2, 0) is 0 Å². The molecule has 0 aliphatic heterocycles. The van der Waals surface area contributed by atoms with Gasteiger partial charge in [0.05, 0.1) is 28.7 Å². The largest absolute Gasteiger partial charge is 0.478 e. The number of hydrogen-bond acceptors (Lipinski definition) is 4. The molecule has 0 aliphatic carbocycles. The molecular formula is C13H9FN2O4. The van der Waals surface area contributed by atoms with Crippen molar-refractivity contribution >= 4 is 23.3 Å². The number of carbonyl (C=O) groups is 2. The first-order valence-electron chi connectivity index (χ1n) is 5.45. The molecule has 6 nitrogen and oxygen atoms in total. The van der Waals surface area contributed by atoms with Crippen molar-refractivity contribution in [2.45, 2.75) is 0 Å². The van der Waals surface area contributed by atoms with E-state index in [1.165, 1.54) is 18.3 Å². The number of rotatable bonds is 4. The molecule has 1 heterocycles. The molecule has 2 aromatic rings. The van der Waals surface area contributed by atoms with Crippen LogP contribution in [0.5, 0.6) is 0 Å². The topological polar surface area (TPSA) is 99.5 Å². The van der Waals surface area contributed by atoms with Gasteiger partial charge in [0.15, 0.2) is 0 Å². The highest BCUT2D eigenvalue weighted by atomic mass is 19.1. The fraction of sp³-hybridized carbons (Fsp3) is 0. The summed E-state index contributed by atoms with van der Waals surface area (Å²) in [6.45, 7) is 0. The number of benzene rings is 1. The zero-order chi connectivity index (χ0) is 14.7. The van der Waals surface area contributed by atoms with Gasteiger partial charge in [-0.3, -0.25) is 4.98 Å². The van der Waals surface area contributed by atoms with Crippen molar-refractivity contribution < 1.29 is 24.2 Å².